The fourth-order valence-electron chi connectivity index (χ4n) is 3.04. The quantitative estimate of drug-likeness (QED) is 0.357. The Labute approximate surface area is 205 Å². The molecule has 0 bridgehead atoms. The molecule has 0 fully saturated rings. The van der Waals surface area contributed by atoms with Gasteiger partial charge in [-0.25, -0.2) is 8.42 Å². The monoisotopic (exact) mass is 524 g/mol. The van der Waals surface area contributed by atoms with E-state index in [1.165, 1.54) is 39.9 Å². The van der Waals surface area contributed by atoms with Crippen LogP contribution in [-0.4, -0.2) is 42.9 Å². The maximum absolute atomic E-state index is 13.4. The van der Waals surface area contributed by atoms with Crippen LogP contribution < -0.4 is 14.4 Å². The maximum atomic E-state index is 13.4. The molecule has 1 aromatic heterocycles. The molecular weight excluding hydrogens is 504 g/mol. The summed E-state index contributed by atoms with van der Waals surface area (Å²) < 4.78 is 34.6. The molecule has 2 aromatic carbocycles. The number of hydrogen-bond acceptors (Lipinski definition) is 8. The van der Waals surface area contributed by atoms with Gasteiger partial charge < -0.3 is 4.74 Å². The standard InChI is InChI=1S/C21H21ClN4O4S3/c1-13(2)12-31-21-25-24-20(32-21)23-19(27)18-11-26(16-5-3-4-6-17(16)30-18)33(28,29)15-9-7-14(22)8-10-15/h3-10,13,18H,11-12H2,1-2H3,(H,23,24,27)/t18-/m1/s1. The van der Waals surface area contributed by atoms with Crippen molar-refractivity contribution in [2.75, 3.05) is 21.9 Å². The molecule has 0 radical (unpaired) electrons. The minimum absolute atomic E-state index is 0.0682. The number of ether oxygens (including phenoxy) is 1. The summed E-state index contributed by atoms with van der Waals surface area (Å²) in [6.07, 6.45) is -1.07. The zero-order valence-electron chi connectivity index (χ0n) is 17.8. The van der Waals surface area contributed by atoms with Gasteiger partial charge >= 0.3 is 0 Å². The van der Waals surface area contributed by atoms with Crippen LogP contribution in [0.4, 0.5) is 10.8 Å². The summed E-state index contributed by atoms with van der Waals surface area (Å²) in [7, 11) is -3.96. The molecular formula is C21H21ClN4O4S3. The Bertz CT molecular complexity index is 1250. The van der Waals surface area contributed by atoms with Crippen molar-refractivity contribution >= 4 is 61.4 Å². The van der Waals surface area contributed by atoms with Crippen molar-refractivity contribution in [3.05, 3.63) is 53.6 Å². The number of nitrogens with one attached hydrogen (secondary N) is 1. The second kappa shape index (κ2) is 9.88. The number of carbonyl (C=O) groups is 1. The Morgan fingerprint density at radius 1 is 1.24 bits per heavy atom. The number of thioether (sulfide) groups is 1. The van der Waals surface area contributed by atoms with Gasteiger partial charge in [0.05, 0.1) is 17.1 Å². The van der Waals surface area contributed by atoms with E-state index in [1.54, 1.807) is 36.0 Å². The summed E-state index contributed by atoms with van der Waals surface area (Å²) in [5.41, 5.74) is 0.361. The van der Waals surface area contributed by atoms with Crippen LogP contribution in [-0.2, 0) is 14.8 Å². The highest BCUT2D eigenvalue weighted by atomic mass is 35.5. The third kappa shape index (κ3) is 5.43. The molecule has 1 amide bonds. The highest BCUT2D eigenvalue weighted by Crippen LogP contribution is 2.37. The van der Waals surface area contributed by atoms with Crippen LogP contribution in [0.5, 0.6) is 5.75 Å². The first kappa shape index (κ1) is 23.8. The smallest absolute Gasteiger partial charge is 0.269 e. The molecule has 0 saturated carbocycles. The minimum atomic E-state index is -3.96. The van der Waals surface area contributed by atoms with E-state index in [4.69, 9.17) is 16.3 Å². The van der Waals surface area contributed by atoms with Crippen LogP contribution in [0.15, 0.2) is 57.8 Å². The number of sulfonamides is 1. The highest BCUT2D eigenvalue weighted by molar-refractivity contribution is 8.01. The minimum Gasteiger partial charge on any atom is -0.476 e. The van der Waals surface area contributed by atoms with Gasteiger partial charge in [0.15, 0.2) is 10.4 Å². The van der Waals surface area contributed by atoms with Gasteiger partial charge in [0, 0.05) is 10.8 Å². The summed E-state index contributed by atoms with van der Waals surface area (Å²) in [6, 6.07) is 12.6. The third-order valence-electron chi connectivity index (χ3n) is 4.61. The number of amides is 1. The lowest BCUT2D eigenvalue weighted by molar-refractivity contribution is -0.122. The summed E-state index contributed by atoms with van der Waals surface area (Å²) in [5, 5.41) is 11.6. The van der Waals surface area contributed by atoms with Gasteiger partial charge in [-0.3, -0.25) is 14.4 Å². The molecule has 8 nitrogen and oxygen atoms in total. The van der Waals surface area contributed by atoms with Crippen molar-refractivity contribution in [3.8, 4) is 5.75 Å². The lowest BCUT2D eigenvalue weighted by Crippen LogP contribution is -2.48. The number of aromatic nitrogens is 2. The van der Waals surface area contributed by atoms with E-state index in [0.29, 0.717) is 27.5 Å². The topological polar surface area (TPSA) is 101 Å². The van der Waals surface area contributed by atoms with Crippen LogP contribution in [0.2, 0.25) is 5.02 Å². The molecule has 3 aromatic rings. The molecule has 33 heavy (non-hydrogen) atoms. The van der Waals surface area contributed by atoms with Gasteiger partial charge in [0.2, 0.25) is 5.13 Å². The number of benzene rings is 2. The lowest BCUT2D eigenvalue weighted by Gasteiger charge is -2.34. The van der Waals surface area contributed by atoms with Gasteiger partial charge in [0.25, 0.3) is 15.9 Å². The van der Waals surface area contributed by atoms with E-state index in [9.17, 15) is 13.2 Å². The molecule has 12 heteroatoms. The maximum Gasteiger partial charge on any atom is 0.269 e. The van der Waals surface area contributed by atoms with Crippen LogP contribution >= 0.6 is 34.7 Å². The average molecular weight is 525 g/mol. The Morgan fingerprint density at radius 3 is 2.70 bits per heavy atom. The number of anilines is 2. The normalized spacial score (nSPS) is 15.8. The molecule has 0 unspecified atom stereocenters. The molecule has 1 N–H and O–H groups in total. The van der Waals surface area contributed by atoms with Crippen molar-refractivity contribution in [2.45, 2.75) is 29.2 Å². The number of carbonyl (C=O) groups excluding carboxylic acids is 1. The van der Waals surface area contributed by atoms with Crippen molar-refractivity contribution in [1.29, 1.82) is 0 Å². The van der Waals surface area contributed by atoms with Gasteiger partial charge in [-0.05, 0) is 42.3 Å². The Balaban J connectivity index is 1.56. The van der Waals surface area contributed by atoms with E-state index in [2.05, 4.69) is 29.4 Å². The predicted octanol–water partition coefficient (Wildman–Crippen LogP) is 4.53. The van der Waals surface area contributed by atoms with Crippen LogP contribution in [0.1, 0.15) is 13.8 Å². The number of halogens is 1. The van der Waals surface area contributed by atoms with Crippen LogP contribution in [0.25, 0.3) is 0 Å². The summed E-state index contributed by atoms with van der Waals surface area (Å²) in [6.45, 7) is 4.03. The van der Waals surface area contributed by atoms with E-state index < -0.39 is 22.0 Å². The molecule has 174 valence electrons. The molecule has 0 aliphatic carbocycles. The molecule has 1 aliphatic heterocycles. The van der Waals surface area contributed by atoms with E-state index in [1.807, 2.05) is 0 Å². The zero-order chi connectivity index (χ0) is 23.6. The SMILES string of the molecule is CC(C)CSc1nnc(NC(=O)[C@H]2CN(S(=O)(=O)c3ccc(Cl)cc3)c3ccccc3O2)s1. The third-order valence-corrected chi connectivity index (χ3v) is 9.05. The number of hydrogen-bond donors (Lipinski definition) is 1. The second-order valence-corrected chi connectivity index (χ2v) is 12.2. The van der Waals surface area contributed by atoms with E-state index >= 15 is 0 Å². The van der Waals surface area contributed by atoms with Crippen LogP contribution in [0.3, 0.4) is 0 Å². The molecule has 0 saturated heterocycles. The summed E-state index contributed by atoms with van der Waals surface area (Å²) in [4.78, 5) is 13.0. The first-order valence-electron chi connectivity index (χ1n) is 10.0. The number of rotatable bonds is 7. The molecule has 2 heterocycles. The van der Waals surface area contributed by atoms with Crippen molar-refractivity contribution in [1.82, 2.24) is 10.2 Å². The van der Waals surface area contributed by atoms with Gasteiger partial charge in [-0.15, -0.1) is 10.2 Å². The van der Waals surface area contributed by atoms with E-state index in [0.717, 1.165) is 10.1 Å². The zero-order valence-corrected chi connectivity index (χ0v) is 21.0. The van der Waals surface area contributed by atoms with Crippen molar-refractivity contribution in [2.24, 2.45) is 5.92 Å². The highest BCUT2D eigenvalue weighted by Gasteiger charge is 2.37. The van der Waals surface area contributed by atoms with Crippen molar-refractivity contribution in [3.63, 3.8) is 0 Å². The lowest BCUT2D eigenvalue weighted by atomic mass is 10.2. The fraction of sp³-hybridized carbons (Fsp3) is 0.286. The molecule has 1 aliphatic rings. The van der Waals surface area contributed by atoms with Gasteiger partial charge in [0.1, 0.15) is 5.75 Å². The number of nitrogens with zero attached hydrogens (tertiary/aromatic N) is 3. The van der Waals surface area contributed by atoms with E-state index in [-0.39, 0.29) is 11.4 Å². The molecule has 4 rings (SSSR count). The van der Waals surface area contributed by atoms with Crippen molar-refractivity contribution < 1.29 is 17.9 Å². The number of para-hydroxylation sites is 2. The Kier molecular flexibility index (Phi) is 7.13. The molecule has 1 atom stereocenters. The first-order chi connectivity index (χ1) is 15.7. The number of fused-ring (bicyclic) bond motifs is 1. The molecule has 0 spiro atoms. The van der Waals surface area contributed by atoms with Gasteiger partial charge in [-0.2, -0.15) is 0 Å². The summed E-state index contributed by atoms with van der Waals surface area (Å²) in [5.74, 6) is 1.19. The second-order valence-electron chi connectivity index (χ2n) is 7.63. The average Bonchev–Trinajstić information content (AvgIpc) is 3.24. The van der Waals surface area contributed by atoms with Crippen LogP contribution in [0, 0.1) is 5.92 Å². The largest absolute Gasteiger partial charge is 0.476 e. The fourth-order valence-corrected chi connectivity index (χ4v) is 6.38. The Morgan fingerprint density at radius 2 is 1.97 bits per heavy atom. The van der Waals surface area contributed by atoms with Gasteiger partial charge in [-0.1, -0.05) is 60.7 Å². The summed E-state index contributed by atoms with van der Waals surface area (Å²) >= 11 is 8.75. The Hall–Kier alpha value is -2.34. The first-order valence-corrected chi connectivity index (χ1v) is 13.7. The predicted molar refractivity (Wildman–Crippen MR) is 131 cm³/mol.